The van der Waals surface area contributed by atoms with Gasteiger partial charge in [0.2, 0.25) is 0 Å². The predicted molar refractivity (Wildman–Crippen MR) is 67.8 cm³/mol. The summed E-state index contributed by atoms with van der Waals surface area (Å²) in [6, 6.07) is 3.78. The van der Waals surface area contributed by atoms with Crippen molar-refractivity contribution in [1.29, 1.82) is 0 Å². The number of hydrogen-bond acceptors (Lipinski definition) is 5. The topological polar surface area (TPSA) is 98.2 Å². The molecule has 2 rings (SSSR count). The van der Waals surface area contributed by atoms with Crippen LogP contribution in [-0.2, 0) is 16.9 Å². The average molecular weight is 285 g/mol. The van der Waals surface area contributed by atoms with Crippen molar-refractivity contribution in [3.8, 4) is 17.0 Å². The van der Waals surface area contributed by atoms with Gasteiger partial charge in [0.15, 0.2) is 15.7 Å². The Morgan fingerprint density at radius 1 is 1.42 bits per heavy atom. The van der Waals surface area contributed by atoms with Crippen molar-refractivity contribution in [1.82, 2.24) is 9.78 Å². The Morgan fingerprint density at radius 3 is 2.53 bits per heavy atom. The normalized spacial score (nSPS) is 11.7. The maximum Gasteiger partial charge on any atom is 0.182 e. The van der Waals surface area contributed by atoms with E-state index >= 15 is 0 Å². The number of nitrogen functional groups attached to an aromatic ring is 1. The zero-order valence-corrected chi connectivity index (χ0v) is 11.1. The Labute approximate surface area is 109 Å². The third kappa shape index (κ3) is 2.26. The lowest BCUT2D eigenvalue weighted by molar-refractivity contribution is 0.445. The molecule has 0 radical (unpaired) electrons. The van der Waals surface area contributed by atoms with E-state index in [0.29, 0.717) is 5.82 Å². The number of phenols is 1. The van der Waals surface area contributed by atoms with Crippen LogP contribution in [-0.4, -0.2) is 29.6 Å². The van der Waals surface area contributed by atoms with E-state index in [4.69, 9.17) is 5.73 Å². The zero-order valence-electron chi connectivity index (χ0n) is 10.3. The predicted octanol–water partition coefficient (Wildman–Crippen LogP) is 0.917. The molecule has 1 heterocycles. The van der Waals surface area contributed by atoms with Gasteiger partial charge in [-0.15, -0.1) is 0 Å². The van der Waals surface area contributed by atoms with Crippen LogP contribution in [0.4, 0.5) is 10.2 Å². The van der Waals surface area contributed by atoms with Crippen molar-refractivity contribution in [2.24, 2.45) is 7.05 Å². The van der Waals surface area contributed by atoms with Crippen molar-refractivity contribution in [3.05, 3.63) is 24.0 Å². The number of aryl methyl sites for hydroxylation is 1. The Morgan fingerprint density at radius 2 is 2.05 bits per heavy atom. The number of aromatic hydroxyl groups is 1. The van der Waals surface area contributed by atoms with Crippen LogP contribution in [0.2, 0.25) is 0 Å². The number of nitrogens with zero attached hydrogens (tertiary/aromatic N) is 2. The molecule has 2 aromatic rings. The van der Waals surface area contributed by atoms with Gasteiger partial charge in [0.05, 0.1) is 5.69 Å². The summed E-state index contributed by atoms with van der Waals surface area (Å²) in [5, 5.41) is 13.5. The van der Waals surface area contributed by atoms with Crippen LogP contribution in [0, 0.1) is 5.82 Å². The summed E-state index contributed by atoms with van der Waals surface area (Å²) in [4.78, 5) is -0.741. The summed E-state index contributed by atoms with van der Waals surface area (Å²) in [7, 11) is -2.31. The summed E-state index contributed by atoms with van der Waals surface area (Å²) in [6.07, 6.45) is 0.821. The molecular weight excluding hydrogens is 273 g/mol. The molecule has 0 aliphatic heterocycles. The average Bonchev–Trinajstić information content (AvgIpc) is 2.57. The minimum absolute atomic E-state index is 0.0366. The second kappa shape index (κ2) is 4.23. The summed E-state index contributed by atoms with van der Waals surface area (Å²) in [6.45, 7) is 0. The number of sulfone groups is 1. The van der Waals surface area contributed by atoms with Gasteiger partial charge in [-0.3, -0.25) is 4.68 Å². The fraction of sp³-hybridized carbons (Fsp3) is 0.182. The Hall–Kier alpha value is -2.09. The van der Waals surface area contributed by atoms with Gasteiger partial charge >= 0.3 is 0 Å². The summed E-state index contributed by atoms with van der Waals surface area (Å²) >= 11 is 0. The summed E-state index contributed by atoms with van der Waals surface area (Å²) < 4.78 is 38.5. The molecule has 1 aromatic heterocycles. The van der Waals surface area contributed by atoms with Crippen molar-refractivity contribution >= 4 is 15.7 Å². The smallest absolute Gasteiger partial charge is 0.182 e. The molecule has 0 saturated carbocycles. The molecule has 0 aliphatic carbocycles. The molecule has 6 nitrogen and oxygen atoms in total. The minimum atomic E-state index is -3.89. The lowest BCUT2D eigenvalue weighted by atomic mass is 10.1. The van der Waals surface area contributed by atoms with E-state index in [-0.39, 0.29) is 11.3 Å². The van der Waals surface area contributed by atoms with Crippen molar-refractivity contribution < 1.29 is 17.9 Å². The van der Waals surface area contributed by atoms with Gasteiger partial charge in [-0.1, -0.05) is 0 Å². The lowest BCUT2D eigenvalue weighted by Gasteiger charge is -2.07. The Bertz CT molecular complexity index is 733. The van der Waals surface area contributed by atoms with Gasteiger partial charge in [-0.25, -0.2) is 12.8 Å². The molecule has 0 saturated heterocycles. The van der Waals surface area contributed by atoms with E-state index in [1.54, 1.807) is 7.05 Å². The Kier molecular flexibility index (Phi) is 2.97. The van der Waals surface area contributed by atoms with Crippen LogP contribution in [0.1, 0.15) is 0 Å². The van der Waals surface area contributed by atoms with Crippen LogP contribution in [0.3, 0.4) is 0 Å². The van der Waals surface area contributed by atoms with E-state index in [1.807, 2.05) is 0 Å². The molecule has 102 valence electrons. The molecule has 19 heavy (non-hydrogen) atoms. The number of anilines is 1. The Balaban J connectivity index is 2.74. The first-order valence-corrected chi connectivity index (χ1v) is 7.12. The second-order valence-corrected chi connectivity index (χ2v) is 6.08. The molecule has 0 atom stereocenters. The van der Waals surface area contributed by atoms with Gasteiger partial charge < -0.3 is 10.8 Å². The molecule has 1 aromatic carbocycles. The maximum atomic E-state index is 14.2. The van der Waals surface area contributed by atoms with E-state index in [1.165, 1.54) is 16.8 Å². The first-order chi connectivity index (χ1) is 8.71. The molecule has 3 N–H and O–H groups in total. The van der Waals surface area contributed by atoms with Gasteiger partial charge in [-0.2, -0.15) is 5.10 Å². The van der Waals surface area contributed by atoms with Crippen LogP contribution in [0.15, 0.2) is 23.1 Å². The van der Waals surface area contributed by atoms with Crippen molar-refractivity contribution in [2.75, 3.05) is 12.0 Å². The first kappa shape index (κ1) is 13.3. The third-order valence-corrected chi connectivity index (χ3v) is 3.77. The van der Waals surface area contributed by atoms with Gasteiger partial charge in [0, 0.05) is 24.9 Å². The van der Waals surface area contributed by atoms with E-state index in [9.17, 15) is 17.9 Å². The van der Waals surface area contributed by atoms with E-state index in [2.05, 4.69) is 5.10 Å². The highest BCUT2D eigenvalue weighted by Crippen LogP contribution is 2.33. The van der Waals surface area contributed by atoms with E-state index < -0.39 is 26.3 Å². The van der Waals surface area contributed by atoms with Gasteiger partial charge in [0.1, 0.15) is 16.5 Å². The highest BCUT2D eigenvalue weighted by molar-refractivity contribution is 7.90. The SMILES string of the molecule is Cn1nc(-c2ccc(O)c(S(C)(=O)=O)c2F)cc1N. The second-order valence-electron chi connectivity index (χ2n) is 4.13. The number of hydrogen-bond donors (Lipinski definition) is 2. The summed E-state index contributed by atoms with van der Waals surface area (Å²) in [5.74, 6) is -1.36. The number of halogens is 1. The fourth-order valence-corrected chi connectivity index (χ4v) is 2.59. The molecule has 0 bridgehead atoms. The molecule has 0 aliphatic rings. The molecule has 8 heteroatoms. The molecule has 0 amide bonds. The zero-order chi connectivity index (χ0) is 14.4. The monoisotopic (exact) mass is 285 g/mol. The van der Waals surface area contributed by atoms with Crippen molar-refractivity contribution in [2.45, 2.75) is 4.90 Å². The van der Waals surface area contributed by atoms with E-state index in [0.717, 1.165) is 12.3 Å². The number of nitrogens with two attached hydrogens (primary N) is 1. The molecular formula is C11H12FN3O3S. The number of benzene rings is 1. The standard InChI is InChI=1S/C11H12FN3O3S/c1-15-9(13)5-7(14-15)6-3-4-8(16)11(10(6)12)19(2,17)18/h3-5,16H,13H2,1-2H3. The number of phenolic OH excluding ortho intramolecular Hbond substituents is 1. The molecule has 0 spiro atoms. The van der Waals surface area contributed by atoms with Crippen LogP contribution < -0.4 is 5.73 Å². The van der Waals surface area contributed by atoms with Crippen LogP contribution in [0.25, 0.3) is 11.3 Å². The maximum absolute atomic E-state index is 14.2. The quantitative estimate of drug-likeness (QED) is 0.855. The molecule has 0 unspecified atom stereocenters. The van der Waals surface area contributed by atoms with Crippen LogP contribution in [0.5, 0.6) is 5.75 Å². The van der Waals surface area contributed by atoms with Crippen LogP contribution >= 0.6 is 0 Å². The largest absolute Gasteiger partial charge is 0.506 e. The summed E-state index contributed by atoms with van der Waals surface area (Å²) in [5.41, 5.74) is 5.75. The van der Waals surface area contributed by atoms with Gasteiger partial charge in [0.25, 0.3) is 0 Å². The van der Waals surface area contributed by atoms with Gasteiger partial charge in [-0.05, 0) is 12.1 Å². The first-order valence-electron chi connectivity index (χ1n) is 5.23. The highest BCUT2D eigenvalue weighted by atomic mass is 32.2. The molecule has 0 fully saturated rings. The lowest BCUT2D eigenvalue weighted by Crippen LogP contribution is -2.03. The fourth-order valence-electron chi connectivity index (χ4n) is 1.71. The van der Waals surface area contributed by atoms with Crippen molar-refractivity contribution in [3.63, 3.8) is 0 Å². The number of aromatic nitrogens is 2. The third-order valence-electron chi connectivity index (χ3n) is 2.64. The minimum Gasteiger partial charge on any atom is -0.506 e. The number of rotatable bonds is 2. The highest BCUT2D eigenvalue weighted by Gasteiger charge is 2.23.